The number of nitrogen functional groups attached to an aromatic ring is 2. The molecule has 2 fully saturated rings. The van der Waals surface area contributed by atoms with Gasteiger partial charge in [-0.3, -0.25) is 0 Å². The maximum absolute atomic E-state index is 13.0. The zero-order valence-electron chi connectivity index (χ0n) is 20.7. The van der Waals surface area contributed by atoms with Crippen LogP contribution in [0.2, 0.25) is 0 Å². The molecule has 4 rings (SSSR count). The monoisotopic (exact) mass is 655 g/mol. The van der Waals surface area contributed by atoms with Gasteiger partial charge in [0.2, 0.25) is 11.6 Å². The summed E-state index contributed by atoms with van der Waals surface area (Å²) in [5.41, 5.74) is 10.4. The van der Waals surface area contributed by atoms with Gasteiger partial charge in [0.05, 0.1) is 12.6 Å². The van der Waals surface area contributed by atoms with E-state index in [0.29, 0.717) is 21.3 Å². The Morgan fingerprint density at radius 3 is 2.90 bits per heavy atom. The van der Waals surface area contributed by atoms with E-state index in [1.54, 1.807) is 17.6 Å². The van der Waals surface area contributed by atoms with E-state index in [4.69, 9.17) is 16.3 Å². The molecule has 3 unspecified atom stereocenters. The van der Waals surface area contributed by atoms with E-state index < -0.39 is 34.6 Å². The molecule has 39 heavy (non-hydrogen) atoms. The first-order valence-corrected chi connectivity index (χ1v) is 15.6. The number of oxime groups is 1. The molecule has 0 aliphatic carbocycles. The number of aliphatic carboxylic acids is 1. The van der Waals surface area contributed by atoms with Crippen molar-refractivity contribution in [2.45, 2.75) is 30.0 Å². The van der Waals surface area contributed by atoms with Crippen LogP contribution in [0, 0.1) is 5.41 Å². The summed E-state index contributed by atoms with van der Waals surface area (Å²) >= 11 is 4.80. The Bertz CT molecular complexity index is 1340. The number of amides is 2. The summed E-state index contributed by atoms with van der Waals surface area (Å²) in [5.74, 6) is -1.47. The Morgan fingerprint density at radius 2 is 2.26 bits per heavy atom. The van der Waals surface area contributed by atoms with Gasteiger partial charge in [-0.1, -0.05) is 29.4 Å². The summed E-state index contributed by atoms with van der Waals surface area (Å²) in [4.78, 5) is 53.4. The third-order valence-electron chi connectivity index (χ3n) is 5.87. The van der Waals surface area contributed by atoms with Crippen LogP contribution in [0.25, 0.3) is 0 Å². The number of anilines is 2. The molecule has 2 aliphatic heterocycles. The van der Waals surface area contributed by atoms with Crippen molar-refractivity contribution in [2.24, 2.45) is 10.6 Å². The number of nitrogens with one attached hydrogen (secondary N) is 1. The van der Waals surface area contributed by atoms with Crippen molar-refractivity contribution in [1.82, 2.24) is 24.6 Å². The summed E-state index contributed by atoms with van der Waals surface area (Å²) in [7, 11) is 0. The predicted molar refractivity (Wildman–Crippen MR) is 148 cm³/mol. The van der Waals surface area contributed by atoms with E-state index in [9.17, 15) is 19.5 Å². The Hall–Kier alpha value is -2.88. The van der Waals surface area contributed by atoms with E-state index in [1.165, 1.54) is 39.6 Å². The van der Waals surface area contributed by atoms with E-state index in [-0.39, 0.29) is 42.0 Å². The van der Waals surface area contributed by atoms with Crippen molar-refractivity contribution in [2.75, 3.05) is 36.1 Å². The van der Waals surface area contributed by atoms with Crippen LogP contribution in [0.3, 0.4) is 0 Å². The molecule has 2 aromatic heterocycles. The van der Waals surface area contributed by atoms with Crippen LogP contribution in [-0.2, 0) is 25.8 Å². The van der Waals surface area contributed by atoms with Gasteiger partial charge in [-0.25, -0.2) is 4.57 Å². The fourth-order valence-corrected chi connectivity index (χ4v) is 7.83. The second-order valence-corrected chi connectivity index (χ2v) is 13.4. The molecule has 0 aromatic carbocycles. The molecule has 208 valence electrons. The topological polar surface area (TPSA) is 206 Å². The van der Waals surface area contributed by atoms with E-state index >= 15 is 0 Å². The van der Waals surface area contributed by atoms with Crippen molar-refractivity contribution < 1.29 is 28.9 Å². The first-order chi connectivity index (χ1) is 18.6. The van der Waals surface area contributed by atoms with Crippen LogP contribution >= 0.6 is 35.1 Å². The van der Waals surface area contributed by atoms with Gasteiger partial charge in [0.15, 0.2) is 0 Å². The summed E-state index contributed by atoms with van der Waals surface area (Å²) in [6.45, 7) is 5.93. The molecule has 2 aliphatic rings. The Labute approximate surface area is 244 Å². The Morgan fingerprint density at radius 1 is 1.49 bits per heavy atom. The third-order valence-corrected chi connectivity index (χ3v) is 10.2. The fraction of sp³-hybridized carbons (Fsp3) is 0.429. The number of carboxylic acid groups (broad SMARTS) is 1. The third kappa shape index (κ3) is 6.00. The molecule has 2 saturated heterocycles. The zero-order chi connectivity index (χ0) is 28.3. The molecular weight excluding hydrogens is 629 g/mol. The molecule has 5 N–H and O–H groups in total. The molecule has 0 spiro atoms. The number of carboxylic acids is 1. The number of fused-ring (bicyclic) bond motifs is 1. The average molecular weight is 656 g/mol. The Kier molecular flexibility index (Phi) is 9.03. The number of nitrogens with two attached hydrogens (primary N) is 2. The van der Waals surface area contributed by atoms with Crippen LogP contribution < -0.4 is 30.3 Å². The summed E-state index contributed by atoms with van der Waals surface area (Å²) in [5, 5.41) is 18.8. The molecule has 2 amide bonds. The molecule has 0 saturated carbocycles. The number of rotatable bonds is 11. The van der Waals surface area contributed by atoms with Crippen molar-refractivity contribution >= 4 is 90.8 Å². The van der Waals surface area contributed by atoms with Crippen molar-refractivity contribution in [3.05, 3.63) is 24.5 Å². The van der Waals surface area contributed by atoms with E-state index in [0.717, 1.165) is 23.3 Å². The summed E-state index contributed by atoms with van der Waals surface area (Å²) in [6.07, 6.45) is 1.64. The van der Waals surface area contributed by atoms with Gasteiger partial charge in [-0.15, -0.1) is 0 Å². The molecule has 2 aromatic rings. The number of aromatic nitrogens is 4. The van der Waals surface area contributed by atoms with Gasteiger partial charge in [-0.05, 0) is 0 Å². The van der Waals surface area contributed by atoms with Crippen molar-refractivity contribution in [1.29, 1.82) is 0 Å². The normalized spacial score (nSPS) is 22.6. The van der Waals surface area contributed by atoms with Gasteiger partial charge in [-0.2, -0.15) is 0 Å². The number of carbonyl (C=O) groups excluding carboxylic acids is 3. The quantitative estimate of drug-likeness (QED) is 0.0315. The van der Waals surface area contributed by atoms with E-state index in [1.807, 2.05) is 0 Å². The average Bonchev–Trinajstić information content (AvgIpc) is 3.33. The second kappa shape index (κ2) is 12.1. The van der Waals surface area contributed by atoms with E-state index in [2.05, 4.69) is 31.4 Å². The first kappa shape index (κ1) is 29.1. The standard InChI is InChI=1S/C21H26AsN9O5S3/c1-3-5-30-11(24)6-10(23)25-20(30)38-9-21(18(34)35)7-31-16(33)13(17(31)37-8-21)26-15(32)12(28-36-4-2)14-27-19(22)39-29-14/h3,6,13,17H,1,4-5,7-9,22H2,2H3,(H5,23,24,26,32,34,35)/t13?,17-,21?/m1/s1. The van der Waals surface area contributed by atoms with Gasteiger partial charge in [0.1, 0.15) is 0 Å². The van der Waals surface area contributed by atoms with Crippen molar-refractivity contribution in [3.63, 3.8) is 0 Å². The molecule has 4 heterocycles. The number of hydrogen-bond donors (Lipinski definition) is 3. The van der Waals surface area contributed by atoms with Gasteiger partial charge >= 0.3 is 166 Å². The van der Waals surface area contributed by atoms with Crippen LogP contribution in [0.4, 0.5) is 11.6 Å². The molecule has 4 atom stereocenters. The number of allylic oxidation sites excluding steroid dienone is 1. The van der Waals surface area contributed by atoms with Gasteiger partial charge < -0.3 is 21.4 Å². The van der Waals surface area contributed by atoms with Crippen LogP contribution in [0.5, 0.6) is 0 Å². The number of carbonyl (C=O) groups is 3. The second-order valence-electron chi connectivity index (χ2n) is 8.58. The Balaban J connectivity index is 1.46. The SMILES string of the molecule is C=CC[n+]1c(N)cc(N)nc1SCC1(C(=O)[O-])CS[C@@H]2C(NC(=O)C(=NOCC)c3nsc([AsH2])n3)C(=O)N2C1. The van der Waals surface area contributed by atoms with Crippen LogP contribution in [-0.4, -0.2) is 95.7 Å². The minimum atomic E-state index is -1.37. The summed E-state index contributed by atoms with van der Waals surface area (Å²) < 4.78 is 6.49. The predicted octanol–water partition coefficient (Wildman–Crippen LogP) is -3.50. The van der Waals surface area contributed by atoms with Gasteiger partial charge in [0.25, 0.3) is 0 Å². The van der Waals surface area contributed by atoms with Crippen LogP contribution in [0.15, 0.2) is 29.0 Å². The molecule has 0 bridgehead atoms. The number of β-lactam (4-membered cyclic amide) rings is 1. The zero-order valence-corrected chi connectivity index (χ0v) is 25.6. The fourth-order valence-electron chi connectivity index (χ4n) is 3.92. The number of nitrogens with zero attached hydrogens (tertiary/aromatic N) is 6. The molecule has 14 nitrogen and oxygen atoms in total. The molecular formula is C21H26AsN9O5S3. The van der Waals surface area contributed by atoms with Gasteiger partial charge in [0, 0.05) is 0 Å². The summed E-state index contributed by atoms with van der Waals surface area (Å²) in [6, 6.07) is 0.642. The first-order valence-electron chi connectivity index (χ1n) is 11.5. The number of hydrogen-bond acceptors (Lipinski definition) is 14. The van der Waals surface area contributed by atoms with Crippen LogP contribution in [0.1, 0.15) is 12.7 Å². The molecule has 18 heteroatoms. The maximum atomic E-state index is 13.0. The minimum absolute atomic E-state index is 0.0599. The molecule has 0 radical (unpaired) electrons. The number of thioether (sulfide) groups is 2. The van der Waals surface area contributed by atoms with Crippen molar-refractivity contribution in [3.8, 4) is 0 Å².